The molecule has 1 atom stereocenters. The van der Waals surface area contributed by atoms with Gasteiger partial charge in [0.25, 0.3) is 5.91 Å². The van der Waals surface area contributed by atoms with Gasteiger partial charge < -0.3 is 34.3 Å². The van der Waals surface area contributed by atoms with Crippen LogP contribution in [-0.2, 0) is 25.6 Å². The molecule has 1 aliphatic heterocycles. The normalized spacial score (nSPS) is 15.6. The Hall–Kier alpha value is -5.23. The highest BCUT2D eigenvalue weighted by molar-refractivity contribution is 7.22. The number of hydrogen-bond acceptors (Lipinski definition) is 10. The van der Waals surface area contributed by atoms with Crippen LogP contribution in [0.2, 0.25) is 0 Å². The molecule has 1 aromatic heterocycles. The third-order valence-corrected chi connectivity index (χ3v) is 10.6. The highest BCUT2D eigenvalue weighted by atomic mass is 32.1. The van der Waals surface area contributed by atoms with Gasteiger partial charge in [-0.15, -0.1) is 11.3 Å². The monoisotopic (exact) mass is 734 g/mol. The van der Waals surface area contributed by atoms with Crippen molar-refractivity contribution in [3.63, 3.8) is 0 Å². The Morgan fingerprint density at radius 1 is 0.849 bits per heavy atom. The van der Waals surface area contributed by atoms with Crippen molar-refractivity contribution in [3.05, 3.63) is 102 Å². The van der Waals surface area contributed by atoms with Crippen molar-refractivity contribution >= 4 is 44.6 Å². The van der Waals surface area contributed by atoms with Crippen LogP contribution in [-0.4, -0.2) is 73.1 Å². The number of carbonyl (C=O) groups is 3. The van der Waals surface area contributed by atoms with Gasteiger partial charge in [0.05, 0.1) is 37.2 Å². The summed E-state index contributed by atoms with van der Waals surface area (Å²) < 4.78 is 24.6. The Balaban J connectivity index is 0.777. The fourth-order valence-electron chi connectivity index (χ4n) is 6.62. The first kappa shape index (κ1) is 36.1. The van der Waals surface area contributed by atoms with E-state index in [1.54, 1.807) is 28.4 Å². The fourth-order valence-corrected chi connectivity index (χ4v) is 7.79. The molecule has 274 valence electrons. The van der Waals surface area contributed by atoms with E-state index in [4.69, 9.17) is 18.9 Å². The molecule has 1 unspecified atom stereocenters. The molecule has 53 heavy (non-hydrogen) atoms. The summed E-state index contributed by atoms with van der Waals surface area (Å²) in [5, 5.41) is 14.4. The van der Waals surface area contributed by atoms with Gasteiger partial charge in [0, 0.05) is 47.5 Å². The summed E-state index contributed by atoms with van der Waals surface area (Å²) >= 11 is 1.59. The van der Waals surface area contributed by atoms with Gasteiger partial charge in [-0.2, -0.15) is 0 Å². The van der Waals surface area contributed by atoms with Gasteiger partial charge in [-0.1, -0.05) is 29.8 Å². The van der Waals surface area contributed by atoms with Crippen LogP contribution in [0.5, 0.6) is 23.0 Å². The van der Waals surface area contributed by atoms with Crippen LogP contribution >= 0.6 is 11.3 Å². The minimum Gasteiger partial charge on any atom is -0.508 e. The highest BCUT2D eigenvalue weighted by Crippen LogP contribution is 2.47. The average molecular weight is 735 g/mol. The molecule has 2 N–H and O–H groups in total. The van der Waals surface area contributed by atoms with E-state index >= 15 is 0 Å². The van der Waals surface area contributed by atoms with Crippen LogP contribution < -0.4 is 14.8 Å². The molecule has 11 heteroatoms. The molecule has 0 spiro atoms. The lowest BCUT2D eigenvalue weighted by Gasteiger charge is -2.29. The van der Waals surface area contributed by atoms with E-state index in [0.717, 1.165) is 43.9 Å². The standard InChI is InChI=1S/C42H42N2O8S/c1-27-3-5-28(6-4-27)41-40(36-15-8-32(46)25-39(36)53-41)52-34-12-10-33(11-13-34)51-22-21-50-20-19-49-18-2-17-43-30-7-14-35-29(23-30)26-44(42(35)48)37-16-9-31(45)24-38(37)47/h3-8,10-15,23,25,37,43,46H,2,9,16-22,24,26H2,1H3. The zero-order chi connectivity index (χ0) is 36.7. The number of thiophene rings is 1. The number of hydrogen-bond donors (Lipinski definition) is 2. The molecule has 4 aromatic carbocycles. The lowest BCUT2D eigenvalue weighted by atomic mass is 9.92. The third-order valence-electron chi connectivity index (χ3n) is 9.40. The number of phenols is 1. The predicted octanol–water partition coefficient (Wildman–Crippen LogP) is 7.94. The number of fused-ring (bicyclic) bond motifs is 2. The summed E-state index contributed by atoms with van der Waals surface area (Å²) in [6.07, 6.45) is 1.48. The molecule has 10 nitrogen and oxygen atoms in total. The predicted molar refractivity (Wildman–Crippen MR) is 204 cm³/mol. The number of aryl methyl sites for hydroxylation is 1. The molecule has 1 aliphatic carbocycles. The Morgan fingerprint density at radius 2 is 1.60 bits per heavy atom. The number of phenolic OH excluding ortho intramolecular Hbond substituents is 1. The van der Waals surface area contributed by atoms with Crippen molar-refractivity contribution in [2.24, 2.45) is 0 Å². The van der Waals surface area contributed by atoms with E-state index in [2.05, 4.69) is 36.5 Å². The fraction of sp³-hybridized carbons (Fsp3) is 0.310. The van der Waals surface area contributed by atoms with Gasteiger partial charge in [-0.25, -0.2) is 0 Å². The van der Waals surface area contributed by atoms with Crippen LogP contribution in [0.1, 0.15) is 47.2 Å². The molecule has 2 heterocycles. The second-order valence-electron chi connectivity index (χ2n) is 13.3. The number of ether oxygens (including phenoxy) is 4. The van der Waals surface area contributed by atoms with Gasteiger partial charge in [0.2, 0.25) is 0 Å². The summed E-state index contributed by atoms with van der Waals surface area (Å²) in [7, 11) is 0. The summed E-state index contributed by atoms with van der Waals surface area (Å²) in [6, 6.07) is 26.3. The number of ketones is 2. The number of aromatic hydroxyl groups is 1. The van der Waals surface area contributed by atoms with Crippen molar-refractivity contribution in [1.82, 2.24) is 4.90 Å². The Morgan fingerprint density at radius 3 is 2.40 bits per heavy atom. The molecule has 0 bridgehead atoms. The summed E-state index contributed by atoms with van der Waals surface area (Å²) in [5.41, 5.74) is 4.68. The summed E-state index contributed by atoms with van der Waals surface area (Å²) in [5.74, 6) is 2.04. The number of amides is 1. The number of benzene rings is 4. The number of rotatable bonds is 16. The van der Waals surface area contributed by atoms with E-state index in [-0.39, 0.29) is 29.6 Å². The van der Waals surface area contributed by atoms with Crippen molar-refractivity contribution in [2.75, 3.05) is 44.9 Å². The minimum atomic E-state index is -0.507. The zero-order valence-electron chi connectivity index (χ0n) is 29.6. The van der Waals surface area contributed by atoms with Crippen molar-refractivity contribution in [3.8, 4) is 33.4 Å². The molecule has 1 amide bonds. The Kier molecular flexibility index (Phi) is 11.3. The van der Waals surface area contributed by atoms with Crippen LogP contribution in [0.3, 0.4) is 0 Å². The van der Waals surface area contributed by atoms with E-state index in [0.29, 0.717) is 76.0 Å². The van der Waals surface area contributed by atoms with Crippen molar-refractivity contribution in [2.45, 2.75) is 45.2 Å². The quantitative estimate of drug-likeness (QED) is 0.0769. The lowest BCUT2D eigenvalue weighted by Crippen LogP contribution is -2.44. The molecular formula is C42H42N2O8S. The molecule has 5 aromatic rings. The van der Waals surface area contributed by atoms with Crippen molar-refractivity contribution < 1.29 is 38.4 Å². The van der Waals surface area contributed by atoms with Gasteiger partial charge in [0.1, 0.15) is 29.6 Å². The molecule has 2 aliphatic rings. The number of nitrogens with one attached hydrogen (secondary N) is 1. The van der Waals surface area contributed by atoms with Crippen LogP contribution in [0.4, 0.5) is 5.69 Å². The SMILES string of the molecule is Cc1ccc(-c2sc3cc(O)ccc3c2Oc2ccc(OCCOCCOCCCNc3ccc4c(c3)CN(C3CCC(=O)CC3=O)C4=O)cc2)cc1. The van der Waals surface area contributed by atoms with E-state index in [1.165, 1.54) is 5.56 Å². The van der Waals surface area contributed by atoms with E-state index in [9.17, 15) is 19.5 Å². The molecule has 1 saturated carbocycles. The first-order valence-corrected chi connectivity index (χ1v) is 18.7. The topological polar surface area (TPSA) is 124 Å². The summed E-state index contributed by atoms with van der Waals surface area (Å²) in [4.78, 5) is 39.5. The third kappa shape index (κ3) is 8.71. The number of Topliss-reactive ketones (excluding diaryl/α,β-unsaturated/α-hetero) is 2. The molecule has 0 saturated heterocycles. The van der Waals surface area contributed by atoms with Crippen LogP contribution in [0, 0.1) is 6.92 Å². The largest absolute Gasteiger partial charge is 0.508 e. The molecule has 7 rings (SSSR count). The van der Waals surface area contributed by atoms with Gasteiger partial charge in [-0.3, -0.25) is 14.4 Å². The lowest BCUT2D eigenvalue weighted by molar-refractivity contribution is -0.133. The first-order chi connectivity index (χ1) is 25.8. The maximum Gasteiger partial charge on any atom is 0.255 e. The maximum atomic E-state index is 12.9. The first-order valence-electron chi connectivity index (χ1n) is 17.9. The van der Waals surface area contributed by atoms with E-state index in [1.807, 2.05) is 48.5 Å². The zero-order valence-corrected chi connectivity index (χ0v) is 30.4. The Bertz CT molecular complexity index is 2090. The van der Waals surface area contributed by atoms with Gasteiger partial charge in [-0.05, 0) is 91.6 Å². The van der Waals surface area contributed by atoms with Crippen LogP contribution in [0.25, 0.3) is 20.5 Å². The number of carbonyl (C=O) groups excluding carboxylic acids is 3. The van der Waals surface area contributed by atoms with Gasteiger partial charge >= 0.3 is 0 Å². The number of anilines is 1. The van der Waals surface area contributed by atoms with Gasteiger partial charge in [0.15, 0.2) is 11.5 Å². The second-order valence-corrected chi connectivity index (χ2v) is 14.3. The maximum absolute atomic E-state index is 12.9. The summed E-state index contributed by atoms with van der Waals surface area (Å²) in [6.45, 7) is 5.52. The smallest absolute Gasteiger partial charge is 0.255 e. The highest BCUT2D eigenvalue weighted by Gasteiger charge is 2.38. The van der Waals surface area contributed by atoms with E-state index < -0.39 is 6.04 Å². The minimum absolute atomic E-state index is 0.0455. The molecule has 1 fully saturated rings. The number of nitrogens with zero attached hydrogens (tertiary/aromatic N) is 1. The van der Waals surface area contributed by atoms with Crippen LogP contribution in [0.15, 0.2) is 84.9 Å². The van der Waals surface area contributed by atoms with Crippen molar-refractivity contribution in [1.29, 1.82) is 0 Å². The average Bonchev–Trinajstić information content (AvgIpc) is 3.67. The molecule has 0 radical (unpaired) electrons. The molecular weight excluding hydrogens is 693 g/mol. The second kappa shape index (κ2) is 16.6. The Labute approximate surface area is 312 Å².